The summed E-state index contributed by atoms with van der Waals surface area (Å²) in [4.78, 5) is 22.5. The summed E-state index contributed by atoms with van der Waals surface area (Å²) in [6.45, 7) is 9.08. The number of aromatic nitrogens is 2. The van der Waals surface area contributed by atoms with Gasteiger partial charge in [-0.3, -0.25) is 4.98 Å². The summed E-state index contributed by atoms with van der Waals surface area (Å²) in [6, 6.07) is 0.0900. The number of amides is 1. The molecular formula is C14H22N4O2. The van der Waals surface area contributed by atoms with Gasteiger partial charge in [-0.2, -0.15) is 0 Å². The number of anilines is 1. The third-order valence-corrected chi connectivity index (χ3v) is 2.98. The summed E-state index contributed by atoms with van der Waals surface area (Å²) in [6.07, 6.45) is 4.01. The number of nitrogens with one attached hydrogen (secondary N) is 1. The van der Waals surface area contributed by atoms with Crippen LogP contribution in [0.15, 0.2) is 12.4 Å². The van der Waals surface area contributed by atoms with Crippen LogP contribution in [0.4, 0.5) is 10.6 Å². The second kappa shape index (κ2) is 5.64. The van der Waals surface area contributed by atoms with Crippen molar-refractivity contribution in [3.05, 3.63) is 18.1 Å². The zero-order valence-electron chi connectivity index (χ0n) is 12.5. The Morgan fingerprint density at radius 2 is 2.20 bits per heavy atom. The number of ether oxygens (including phenoxy) is 1. The van der Waals surface area contributed by atoms with Crippen molar-refractivity contribution < 1.29 is 9.53 Å². The molecule has 1 saturated heterocycles. The Bertz CT molecular complexity index is 484. The van der Waals surface area contributed by atoms with Crippen molar-refractivity contribution in [2.75, 3.05) is 18.0 Å². The number of hydrogen-bond donors (Lipinski definition) is 1. The van der Waals surface area contributed by atoms with Crippen molar-refractivity contribution in [3.63, 3.8) is 0 Å². The fourth-order valence-electron chi connectivity index (χ4n) is 2.16. The van der Waals surface area contributed by atoms with E-state index in [9.17, 15) is 4.79 Å². The number of aryl methyl sites for hydroxylation is 1. The van der Waals surface area contributed by atoms with Crippen LogP contribution in [-0.2, 0) is 4.74 Å². The molecule has 2 heterocycles. The highest BCUT2D eigenvalue weighted by Gasteiger charge is 2.26. The van der Waals surface area contributed by atoms with Gasteiger partial charge in [0, 0.05) is 19.3 Å². The molecule has 0 bridgehead atoms. The van der Waals surface area contributed by atoms with E-state index in [1.165, 1.54) is 0 Å². The molecule has 110 valence electrons. The van der Waals surface area contributed by atoms with E-state index < -0.39 is 5.60 Å². The average Bonchev–Trinajstić information content (AvgIpc) is 2.74. The van der Waals surface area contributed by atoms with Gasteiger partial charge in [-0.05, 0) is 34.1 Å². The maximum Gasteiger partial charge on any atom is 0.407 e. The zero-order valence-corrected chi connectivity index (χ0v) is 12.5. The molecule has 1 N–H and O–H groups in total. The SMILES string of the molecule is Cc1cncc(N2CC[C@@H](NC(=O)OC(C)(C)C)C2)n1. The number of hydrogen-bond acceptors (Lipinski definition) is 5. The minimum absolute atomic E-state index is 0.0900. The van der Waals surface area contributed by atoms with Crippen LogP contribution >= 0.6 is 0 Å². The number of nitrogens with zero attached hydrogens (tertiary/aromatic N) is 3. The van der Waals surface area contributed by atoms with Crippen LogP contribution in [0.25, 0.3) is 0 Å². The Balaban J connectivity index is 1.88. The van der Waals surface area contributed by atoms with E-state index in [4.69, 9.17) is 4.74 Å². The molecule has 1 aliphatic rings. The molecule has 0 unspecified atom stereocenters. The smallest absolute Gasteiger partial charge is 0.407 e. The van der Waals surface area contributed by atoms with Crippen molar-refractivity contribution in [2.24, 2.45) is 0 Å². The number of carbonyl (C=O) groups excluding carboxylic acids is 1. The maximum atomic E-state index is 11.7. The molecule has 0 spiro atoms. The topological polar surface area (TPSA) is 67.4 Å². The Hall–Kier alpha value is -1.85. The summed E-state index contributed by atoms with van der Waals surface area (Å²) in [5.74, 6) is 0.860. The van der Waals surface area contributed by atoms with Crippen molar-refractivity contribution in [2.45, 2.75) is 45.8 Å². The maximum absolute atomic E-state index is 11.7. The van der Waals surface area contributed by atoms with E-state index in [1.807, 2.05) is 27.7 Å². The van der Waals surface area contributed by atoms with Gasteiger partial charge in [0.15, 0.2) is 0 Å². The quantitative estimate of drug-likeness (QED) is 0.894. The van der Waals surface area contributed by atoms with Gasteiger partial charge in [-0.15, -0.1) is 0 Å². The predicted octanol–water partition coefficient (Wildman–Crippen LogP) is 1.89. The number of rotatable bonds is 2. The van der Waals surface area contributed by atoms with Gasteiger partial charge < -0.3 is 15.0 Å². The summed E-state index contributed by atoms with van der Waals surface area (Å²) in [5.41, 5.74) is 0.427. The first-order valence-electron chi connectivity index (χ1n) is 6.86. The molecule has 6 heteroatoms. The lowest BCUT2D eigenvalue weighted by Crippen LogP contribution is -2.40. The van der Waals surface area contributed by atoms with Gasteiger partial charge in [0.25, 0.3) is 0 Å². The molecule has 1 fully saturated rings. The summed E-state index contributed by atoms with van der Waals surface area (Å²) >= 11 is 0. The van der Waals surface area contributed by atoms with Gasteiger partial charge in [0.05, 0.1) is 17.9 Å². The molecule has 1 aromatic heterocycles. The lowest BCUT2D eigenvalue weighted by atomic mass is 10.2. The van der Waals surface area contributed by atoms with Crippen LogP contribution in [0.2, 0.25) is 0 Å². The van der Waals surface area contributed by atoms with Crippen LogP contribution in [0.3, 0.4) is 0 Å². The molecule has 2 rings (SSSR count). The Morgan fingerprint density at radius 1 is 1.45 bits per heavy atom. The molecule has 1 atom stereocenters. The Morgan fingerprint density at radius 3 is 2.85 bits per heavy atom. The monoisotopic (exact) mass is 278 g/mol. The highest BCUT2D eigenvalue weighted by atomic mass is 16.6. The average molecular weight is 278 g/mol. The highest BCUT2D eigenvalue weighted by molar-refractivity contribution is 5.68. The van der Waals surface area contributed by atoms with Gasteiger partial charge in [0.2, 0.25) is 0 Å². The second-order valence-corrected chi connectivity index (χ2v) is 6.10. The van der Waals surface area contributed by atoms with Crippen molar-refractivity contribution in [1.82, 2.24) is 15.3 Å². The lowest BCUT2D eigenvalue weighted by Gasteiger charge is -2.22. The van der Waals surface area contributed by atoms with E-state index >= 15 is 0 Å². The zero-order chi connectivity index (χ0) is 14.8. The van der Waals surface area contributed by atoms with Gasteiger partial charge in [-0.1, -0.05) is 0 Å². The van der Waals surface area contributed by atoms with Crippen LogP contribution in [0.5, 0.6) is 0 Å². The van der Waals surface area contributed by atoms with E-state index in [0.29, 0.717) is 0 Å². The first-order valence-corrected chi connectivity index (χ1v) is 6.86. The lowest BCUT2D eigenvalue weighted by molar-refractivity contribution is 0.0509. The first kappa shape index (κ1) is 14.6. The fraction of sp³-hybridized carbons (Fsp3) is 0.643. The molecule has 0 aliphatic carbocycles. The van der Waals surface area contributed by atoms with Crippen LogP contribution < -0.4 is 10.2 Å². The molecule has 0 saturated carbocycles. The van der Waals surface area contributed by atoms with Crippen molar-refractivity contribution in [3.8, 4) is 0 Å². The van der Waals surface area contributed by atoms with Gasteiger partial charge in [-0.25, -0.2) is 9.78 Å². The van der Waals surface area contributed by atoms with E-state index in [0.717, 1.165) is 31.0 Å². The standard InChI is InChI=1S/C14H22N4O2/c1-10-7-15-8-12(16-10)18-6-5-11(9-18)17-13(19)20-14(2,3)4/h7-8,11H,5-6,9H2,1-4H3,(H,17,19)/t11-/m1/s1. The van der Waals surface area contributed by atoms with E-state index in [-0.39, 0.29) is 12.1 Å². The van der Waals surface area contributed by atoms with Crippen LogP contribution in [0, 0.1) is 6.92 Å². The molecular weight excluding hydrogens is 256 g/mol. The third-order valence-electron chi connectivity index (χ3n) is 2.98. The van der Waals surface area contributed by atoms with Crippen LogP contribution in [-0.4, -0.2) is 40.8 Å². The summed E-state index contributed by atoms with van der Waals surface area (Å²) < 4.78 is 5.26. The molecule has 1 aromatic rings. The van der Waals surface area contributed by atoms with Crippen molar-refractivity contribution >= 4 is 11.9 Å². The molecule has 20 heavy (non-hydrogen) atoms. The number of carbonyl (C=O) groups is 1. The summed E-state index contributed by atoms with van der Waals surface area (Å²) in [7, 11) is 0. The van der Waals surface area contributed by atoms with Crippen molar-refractivity contribution in [1.29, 1.82) is 0 Å². The molecule has 1 amide bonds. The minimum atomic E-state index is -0.468. The van der Waals surface area contributed by atoms with E-state index in [1.54, 1.807) is 12.4 Å². The van der Waals surface area contributed by atoms with E-state index in [2.05, 4.69) is 20.2 Å². The third kappa shape index (κ3) is 4.08. The summed E-state index contributed by atoms with van der Waals surface area (Å²) in [5, 5.41) is 2.90. The second-order valence-electron chi connectivity index (χ2n) is 6.10. The molecule has 0 aromatic carbocycles. The predicted molar refractivity (Wildman–Crippen MR) is 76.8 cm³/mol. The molecule has 1 aliphatic heterocycles. The minimum Gasteiger partial charge on any atom is -0.444 e. The first-order chi connectivity index (χ1) is 9.33. The number of alkyl carbamates (subject to hydrolysis) is 1. The fourth-order valence-corrected chi connectivity index (χ4v) is 2.16. The Labute approximate surface area is 119 Å². The largest absolute Gasteiger partial charge is 0.444 e. The van der Waals surface area contributed by atoms with Gasteiger partial charge in [0.1, 0.15) is 11.4 Å². The van der Waals surface area contributed by atoms with Gasteiger partial charge >= 0.3 is 6.09 Å². The normalized spacial score (nSPS) is 19.0. The molecule has 6 nitrogen and oxygen atoms in total. The van der Waals surface area contributed by atoms with Crippen LogP contribution in [0.1, 0.15) is 32.9 Å². The Kier molecular flexibility index (Phi) is 4.11. The molecule has 0 radical (unpaired) electrons. The highest BCUT2D eigenvalue weighted by Crippen LogP contribution is 2.18.